The van der Waals surface area contributed by atoms with E-state index in [-0.39, 0.29) is 17.1 Å². The molecule has 0 aliphatic rings. The molecule has 84 valence electrons. The zero-order chi connectivity index (χ0) is 11.5. The Balaban J connectivity index is 2.82. The fourth-order valence-electron chi connectivity index (χ4n) is 1.17. The molecule has 0 radical (unpaired) electrons. The molecule has 0 fully saturated rings. The van der Waals surface area contributed by atoms with Gasteiger partial charge in [-0.2, -0.15) is 0 Å². The number of rotatable bonds is 4. The minimum Gasteiger partial charge on any atom is -0.387 e. The van der Waals surface area contributed by atoms with Crippen molar-refractivity contribution in [2.24, 2.45) is 0 Å². The molecule has 3 nitrogen and oxygen atoms in total. The molecule has 1 rings (SSSR count). The third kappa shape index (κ3) is 3.60. The lowest BCUT2D eigenvalue weighted by molar-refractivity contribution is 0.201. The molecule has 0 aromatic heterocycles. The van der Waals surface area contributed by atoms with Crippen molar-refractivity contribution in [1.82, 2.24) is 0 Å². The largest absolute Gasteiger partial charge is 0.387 e. The van der Waals surface area contributed by atoms with Crippen LogP contribution in [0.3, 0.4) is 0 Å². The van der Waals surface area contributed by atoms with Gasteiger partial charge in [0.1, 0.15) is 5.82 Å². The molecule has 0 spiro atoms. The van der Waals surface area contributed by atoms with Crippen LogP contribution < -0.4 is 0 Å². The van der Waals surface area contributed by atoms with Gasteiger partial charge in [0.25, 0.3) is 0 Å². The Kier molecular flexibility index (Phi) is 3.82. The van der Waals surface area contributed by atoms with Crippen LogP contribution in [0.4, 0.5) is 4.39 Å². The van der Waals surface area contributed by atoms with E-state index in [2.05, 4.69) is 0 Å². The summed E-state index contributed by atoms with van der Waals surface area (Å²) in [4.78, 5) is 0. The van der Waals surface area contributed by atoms with Gasteiger partial charge in [-0.3, -0.25) is 0 Å². The highest BCUT2D eigenvalue weighted by atomic mass is 32.2. The molecule has 1 aromatic carbocycles. The van der Waals surface area contributed by atoms with E-state index in [1.54, 1.807) is 0 Å². The van der Waals surface area contributed by atoms with Crippen molar-refractivity contribution in [3.63, 3.8) is 0 Å². The minimum atomic E-state index is -3.25. The lowest BCUT2D eigenvalue weighted by Gasteiger charge is -2.10. The summed E-state index contributed by atoms with van der Waals surface area (Å²) in [6, 6.07) is 5.31. The number of aliphatic hydroxyl groups is 1. The summed E-state index contributed by atoms with van der Waals surface area (Å²) in [5.74, 6) is -0.882. The van der Waals surface area contributed by atoms with Gasteiger partial charge in [0.05, 0.1) is 11.9 Å². The van der Waals surface area contributed by atoms with Crippen molar-refractivity contribution in [2.45, 2.75) is 13.0 Å². The number of aliphatic hydroxyl groups excluding tert-OH is 1. The van der Waals surface area contributed by atoms with Crippen LogP contribution in [0, 0.1) is 5.82 Å². The summed E-state index contributed by atoms with van der Waals surface area (Å²) in [6.45, 7) is 1.51. The smallest absolute Gasteiger partial charge is 0.152 e. The molecule has 0 unspecified atom stereocenters. The summed E-state index contributed by atoms with van der Waals surface area (Å²) in [5.41, 5.74) is 0.284. The Hall–Kier alpha value is -0.940. The average molecular weight is 232 g/mol. The molecule has 1 aromatic rings. The molecule has 0 bridgehead atoms. The van der Waals surface area contributed by atoms with Crippen molar-refractivity contribution in [3.05, 3.63) is 35.6 Å². The van der Waals surface area contributed by atoms with Crippen LogP contribution in [-0.2, 0) is 9.84 Å². The topological polar surface area (TPSA) is 54.4 Å². The lowest BCUT2D eigenvalue weighted by Crippen LogP contribution is -2.16. The molecule has 15 heavy (non-hydrogen) atoms. The van der Waals surface area contributed by atoms with Crippen LogP contribution in [0.1, 0.15) is 18.6 Å². The summed E-state index contributed by atoms with van der Waals surface area (Å²) in [5, 5.41) is 9.57. The maximum atomic E-state index is 12.8. The Labute approximate surface area is 88.5 Å². The molecule has 0 aliphatic carbocycles. The van der Waals surface area contributed by atoms with Crippen LogP contribution >= 0.6 is 0 Å². The standard InChI is InChI=1S/C10H13FO3S/c1-2-15(13,14)7-10(12)8-4-3-5-9(11)6-8/h3-6,10,12H,2,7H2,1H3/t10-/m1/s1. The molecule has 0 amide bonds. The molecule has 1 N–H and O–H groups in total. The molecule has 5 heteroatoms. The van der Waals surface area contributed by atoms with Crippen molar-refractivity contribution in [3.8, 4) is 0 Å². The first-order valence-corrected chi connectivity index (χ1v) is 6.40. The lowest BCUT2D eigenvalue weighted by atomic mass is 10.1. The van der Waals surface area contributed by atoms with E-state index in [1.165, 1.54) is 25.1 Å². The van der Waals surface area contributed by atoms with E-state index >= 15 is 0 Å². The highest BCUT2D eigenvalue weighted by Crippen LogP contribution is 2.16. The number of halogens is 1. The Bertz CT molecular complexity index is 428. The highest BCUT2D eigenvalue weighted by Gasteiger charge is 2.17. The first-order valence-electron chi connectivity index (χ1n) is 4.58. The van der Waals surface area contributed by atoms with E-state index in [0.717, 1.165) is 6.07 Å². The summed E-state index contributed by atoms with van der Waals surface area (Å²) in [6.07, 6.45) is -1.16. The second-order valence-corrected chi connectivity index (χ2v) is 5.67. The van der Waals surface area contributed by atoms with Gasteiger partial charge in [-0.25, -0.2) is 12.8 Å². The third-order valence-electron chi connectivity index (χ3n) is 2.09. The second-order valence-electron chi connectivity index (χ2n) is 3.27. The number of sulfone groups is 1. The first kappa shape index (κ1) is 12.1. The van der Waals surface area contributed by atoms with Gasteiger partial charge in [0.2, 0.25) is 0 Å². The summed E-state index contributed by atoms with van der Waals surface area (Å²) >= 11 is 0. The van der Waals surface area contributed by atoms with Crippen molar-refractivity contribution < 1.29 is 17.9 Å². The van der Waals surface area contributed by atoms with Crippen LogP contribution in [0.15, 0.2) is 24.3 Å². The predicted molar refractivity (Wildman–Crippen MR) is 55.7 cm³/mol. The maximum Gasteiger partial charge on any atom is 0.152 e. The zero-order valence-electron chi connectivity index (χ0n) is 8.35. The van der Waals surface area contributed by atoms with E-state index in [4.69, 9.17) is 0 Å². The van der Waals surface area contributed by atoms with Crippen molar-refractivity contribution >= 4 is 9.84 Å². The Morgan fingerprint density at radius 1 is 1.47 bits per heavy atom. The van der Waals surface area contributed by atoms with Gasteiger partial charge in [0.15, 0.2) is 9.84 Å². The van der Waals surface area contributed by atoms with Gasteiger partial charge in [-0.1, -0.05) is 19.1 Å². The minimum absolute atomic E-state index is 0.0284. The van der Waals surface area contributed by atoms with Crippen molar-refractivity contribution in [1.29, 1.82) is 0 Å². The van der Waals surface area contributed by atoms with E-state index in [9.17, 15) is 17.9 Å². The van der Waals surface area contributed by atoms with Gasteiger partial charge >= 0.3 is 0 Å². The molecule has 0 heterocycles. The van der Waals surface area contributed by atoms with E-state index < -0.39 is 21.8 Å². The molecule has 0 saturated carbocycles. The zero-order valence-corrected chi connectivity index (χ0v) is 9.17. The number of benzene rings is 1. The molecular weight excluding hydrogens is 219 g/mol. The highest BCUT2D eigenvalue weighted by molar-refractivity contribution is 7.91. The number of hydrogen-bond donors (Lipinski definition) is 1. The fraction of sp³-hybridized carbons (Fsp3) is 0.400. The summed E-state index contributed by atoms with van der Waals surface area (Å²) < 4.78 is 35.2. The van der Waals surface area contributed by atoms with Crippen LogP contribution in [0.2, 0.25) is 0 Å². The first-order chi connectivity index (χ1) is 6.94. The quantitative estimate of drug-likeness (QED) is 0.851. The maximum absolute atomic E-state index is 12.8. The van der Waals surface area contributed by atoms with Crippen molar-refractivity contribution in [2.75, 3.05) is 11.5 Å². The third-order valence-corrected chi connectivity index (χ3v) is 3.79. The Morgan fingerprint density at radius 2 is 2.13 bits per heavy atom. The van der Waals surface area contributed by atoms with Gasteiger partial charge in [-0.05, 0) is 17.7 Å². The molecule has 0 aliphatic heterocycles. The monoisotopic (exact) mass is 232 g/mol. The molecule has 0 saturated heterocycles. The average Bonchev–Trinajstić information content (AvgIpc) is 2.17. The SMILES string of the molecule is CCS(=O)(=O)C[C@@H](O)c1cccc(F)c1. The van der Waals surface area contributed by atoms with Crippen LogP contribution in [-0.4, -0.2) is 25.0 Å². The fourth-order valence-corrected chi connectivity index (χ4v) is 2.08. The Morgan fingerprint density at radius 3 is 2.67 bits per heavy atom. The number of hydrogen-bond acceptors (Lipinski definition) is 3. The normalized spacial score (nSPS) is 13.8. The van der Waals surface area contributed by atoms with Gasteiger partial charge in [0, 0.05) is 5.75 Å². The summed E-state index contributed by atoms with van der Waals surface area (Å²) in [7, 11) is -3.25. The van der Waals surface area contributed by atoms with Crippen LogP contribution in [0.25, 0.3) is 0 Å². The van der Waals surface area contributed by atoms with E-state index in [0.29, 0.717) is 0 Å². The molecular formula is C10H13FO3S. The predicted octanol–water partition coefficient (Wildman–Crippen LogP) is 1.29. The van der Waals surface area contributed by atoms with Gasteiger partial charge in [-0.15, -0.1) is 0 Å². The second kappa shape index (κ2) is 4.72. The van der Waals surface area contributed by atoms with Crippen LogP contribution in [0.5, 0.6) is 0 Å². The molecule has 1 atom stereocenters. The van der Waals surface area contributed by atoms with Gasteiger partial charge < -0.3 is 5.11 Å². The van der Waals surface area contributed by atoms with E-state index in [1.807, 2.05) is 0 Å².